The highest BCUT2D eigenvalue weighted by Crippen LogP contribution is 2.40. The molecule has 1 aliphatic heterocycles. The van der Waals surface area contributed by atoms with Crippen LogP contribution in [0.1, 0.15) is 34.8 Å². The molecule has 1 aromatic heterocycles. The monoisotopic (exact) mass is 455 g/mol. The Bertz CT molecular complexity index is 1090. The van der Waals surface area contributed by atoms with E-state index in [0.29, 0.717) is 5.56 Å². The Hall–Kier alpha value is -2.51. The SMILES string of the molecule is COC(=O)c1ccc(-c2csc(C3=NC(C)(C)c4cccc(Br)c4N3)n2)cc1. The number of thiazole rings is 1. The summed E-state index contributed by atoms with van der Waals surface area (Å²) in [5, 5.41) is 6.24. The van der Waals surface area contributed by atoms with Gasteiger partial charge >= 0.3 is 5.97 Å². The molecule has 3 aromatic rings. The Kier molecular flexibility index (Phi) is 4.81. The number of benzene rings is 2. The van der Waals surface area contributed by atoms with E-state index in [-0.39, 0.29) is 11.5 Å². The Morgan fingerprint density at radius 2 is 1.93 bits per heavy atom. The summed E-state index contributed by atoms with van der Waals surface area (Å²) in [4.78, 5) is 21.3. The number of rotatable bonds is 3. The largest absolute Gasteiger partial charge is 0.465 e. The summed E-state index contributed by atoms with van der Waals surface area (Å²) in [5.41, 5.74) is 4.11. The first-order chi connectivity index (χ1) is 13.4. The predicted octanol–water partition coefficient (Wildman–Crippen LogP) is 5.47. The number of aromatic nitrogens is 1. The standard InChI is InChI=1S/C21H18BrN3O2S/c1-21(2)14-5-4-6-15(22)17(14)24-18(25-21)19-23-16(11-28-19)12-7-9-13(10-8-12)20(26)27-3/h4-11H,1-3H3,(H,24,25). The van der Waals surface area contributed by atoms with Crippen molar-refractivity contribution in [2.45, 2.75) is 19.4 Å². The molecule has 4 rings (SSSR count). The number of esters is 1. The number of carbonyl (C=O) groups is 1. The number of methoxy groups -OCH3 is 1. The van der Waals surface area contributed by atoms with Gasteiger partial charge in [-0.2, -0.15) is 0 Å². The summed E-state index contributed by atoms with van der Waals surface area (Å²) in [6.45, 7) is 4.19. The number of aliphatic imine (C=N–C) groups is 1. The minimum absolute atomic E-state index is 0.349. The molecule has 5 nitrogen and oxygen atoms in total. The first-order valence-corrected chi connectivity index (χ1v) is 10.4. The molecule has 0 unspecified atom stereocenters. The molecule has 142 valence electrons. The van der Waals surface area contributed by atoms with Crippen molar-refractivity contribution < 1.29 is 9.53 Å². The average molecular weight is 456 g/mol. The van der Waals surface area contributed by atoms with Crippen LogP contribution in [0.2, 0.25) is 0 Å². The van der Waals surface area contributed by atoms with Gasteiger partial charge in [0.15, 0.2) is 10.8 Å². The average Bonchev–Trinajstić information content (AvgIpc) is 3.18. The van der Waals surface area contributed by atoms with E-state index in [9.17, 15) is 4.79 Å². The molecular weight excluding hydrogens is 438 g/mol. The smallest absolute Gasteiger partial charge is 0.337 e. The first kappa shape index (κ1) is 18.8. The lowest BCUT2D eigenvalue weighted by molar-refractivity contribution is 0.0601. The summed E-state index contributed by atoms with van der Waals surface area (Å²) in [6.07, 6.45) is 0. The van der Waals surface area contributed by atoms with Crippen molar-refractivity contribution in [1.29, 1.82) is 0 Å². The number of hydrogen-bond acceptors (Lipinski definition) is 6. The lowest BCUT2D eigenvalue weighted by atomic mass is 9.92. The van der Waals surface area contributed by atoms with Crippen molar-refractivity contribution in [3.05, 3.63) is 68.5 Å². The second-order valence-corrected chi connectivity index (χ2v) is 8.63. The van der Waals surface area contributed by atoms with Crippen LogP contribution >= 0.6 is 27.3 Å². The molecule has 0 bridgehead atoms. The molecule has 0 saturated heterocycles. The number of para-hydroxylation sites is 1. The highest BCUT2D eigenvalue weighted by atomic mass is 79.9. The van der Waals surface area contributed by atoms with E-state index in [0.717, 1.165) is 37.8 Å². The summed E-state index contributed by atoms with van der Waals surface area (Å²) < 4.78 is 5.74. The quantitative estimate of drug-likeness (QED) is 0.532. The number of nitrogens with zero attached hydrogens (tertiary/aromatic N) is 2. The highest BCUT2D eigenvalue weighted by Gasteiger charge is 2.30. The second kappa shape index (κ2) is 7.14. The molecule has 0 atom stereocenters. The summed E-state index contributed by atoms with van der Waals surface area (Å²) in [6, 6.07) is 13.4. The van der Waals surface area contributed by atoms with E-state index in [2.05, 4.69) is 41.2 Å². The number of halogens is 1. The molecule has 1 N–H and O–H groups in total. The van der Waals surface area contributed by atoms with Crippen molar-refractivity contribution in [3.8, 4) is 11.3 Å². The molecule has 28 heavy (non-hydrogen) atoms. The van der Waals surface area contributed by atoms with Crippen LogP contribution in [0.5, 0.6) is 0 Å². The number of amidine groups is 1. The Labute approximate surface area is 175 Å². The van der Waals surface area contributed by atoms with Crippen LogP contribution in [0, 0.1) is 0 Å². The van der Waals surface area contributed by atoms with Gasteiger partial charge in [-0.3, -0.25) is 4.99 Å². The molecule has 0 radical (unpaired) electrons. The van der Waals surface area contributed by atoms with Gasteiger partial charge in [0.2, 0.25) is 0 Å². The number of anilines is 1. The number of ether oxygens (including phenoxy) is 1. The molecule has 7 heteroatoms. The van der Waals surface area contributed by atoms with Crippen molar-refractivity contribution in [2.24, 2.45) is 4.99 Å². The maximum absolute atomic E-state index is 11.6. The summed E-state index contributed by atoms with van der Waals surface area (Å²) in [5.74, 6) is 0.407. The maximum atomic E-state index is 11.6. The van der Waals surface area contributed by atoms with Gasteiger partial charge in [0.1, 0.15) is 0 Å². The molecule has 2 aromatic carbocycles. The van der Waals surface area contributed by atoms with Gasteiger partial charge in [-0.1, -0.05) is 24.3 Å². The number of fused-ring (bicyclic) bond motifs is 1. The van der Waals surface area contributed by atoms with E-state index in [1.807, 2.05) is 29.6 Å². The van der Waals surface area contributed by atoms with E-state index in [4.69, 9.17) is 14.7 Å². The van der Waals surface area contributed by atoms with Crippen molar-refractivity contribution in [1.82, 2.24) is 4.98 Å². The Morgan fingerprint density at radius 3 is 2.64 bits per heavy atom. The van der Waals surface area contributed by atoms with Crippen LogP contribution in [-0.4, -0.2) is 23.9 Å². The third kappa shape index (κ3) is 3.36. The van der Waals surface area contributed by atoms with E-state index < -0.39 is 0 Å². The molecular formula is C21H18BrN3O2S. The van der Waals surface area contributed by atoms with Gasteiger partial charge in [0.25, 0.3) is 0 Å². The molecule has 0 fully saturated rings. The number of carbonyl (C=O) groups excluding carboxylic acids is 1. The first-order valence-electron chi connectivity index (χ1n) is 8.69. The normalized spacial score (nSPS) is 14.6. The second-order valence-electron chi connectivity index (χ2n) is 6.91. The summed E-state index contributed by atoms with van der Waals surface area (Å²) >= 11 is 5.16. The van der Waals surface area contributed by atoms with Crippen LogP contribution in [0.25, 0.3) is 11.3 Å². The minimum Gasteiger partial charge on any atom is -0.465 e. The third-order valence-corrected chi connectivity index (χ3v) is 6.13. The molecule has 0 aliphatic carbocycles. The summed E-state index contributed by atoms with van der Waals surface area (Å²) in [7, 11) is 1.37. The Balaban J connectivity index is 1.66. The fourth-order valence-corrected chi connectivity index (χ4v) is 4.40. The van der Waals surface area contributed by atoms with Crippen molar-refractivity contribution >= 4 is 44.8 Å². The topological polar surface area (TPSA) is 63.6 Å². The van der Waals surface area contributed by atoms with Gasteiger partial charge in [0, 0.05) is 21.0 Å². The lowest BCUT2D eigenvalue weighted by Crippen LogP contribution is -2.29. The van der Waals surface area contributed by atoms with E-state index >= 15 is 0 Å². The zero-order valence-electron chi connectivity index (χ0n) is 15.6. The van der Waals surface area contributed by atoms with Gasteiger partial charge in [-0.05, 0) is 48.0 Å². The Morgan fingerprint density at radius 1 is 1.18 bits per heavy atom. The van der Waals surface area contributed by atoms with Crippen LogP contribution in [0.3, 0.4) is 0 Å². The minimum atomic E-state index is -0.353. The van der Waals surface area contributed by atoms with Crippen molar-refractivity contribution in [2.75, 3.05) is 12.4 Å². The molecule has 0 saturated carbocycles. The van der Waals surface area contributed by atoms with E-state index in [1.54, 1.807) is 12.1 Å². The predicted molar refractivity (Wildman–Crippen MR) is 116 cm³/mol. The van der Waals surface area contributed by atoms with Gasteiger partial charge < -0.3 is 10.1 Å². The van der Waals surface area contributed by atoms with Crippen LogP contribution in [0.4, 0.5) is 5.69 Å². The molecule has 1 aliphatic rings. The molecule has 0 amide bonds. The lowest BCUT2D eigenvalue weighted by Gasteiger charge is -2.30. The van der Waals surface area contributed by atoms with Gasteiger partial charge in [-0.25, -0.2) is 9.78 Å². The zero-order valence-corrected chi connectivity index (χ0v) is 18.0. The van der Waals surface area contributed by atoms with Crippen LogP contribution in [-0.2, 0) is 10.3 Å². The van der Waals surface area contributed by atoms with Crippen LogP contribution < -0.4 is 5.32 Å². The zero-order chi connectivity index (χ0) is 19.9. The van der Waals surface area contributed by atoms with Gasteiger partial charge in [-0.15, -0.1) is 11.3 Å². The maximum Gasteiger partial charge on any atom is 0.337 e. The number of nitrogens with one attached hydrogen (secondary N) is 1. The third-order valence-electron chi connectivity index (χ3n) is 4.62. The molecule has 0 spiro atoms. The fraction of sp³-hybridized carbons (Fsp3) is 0.190. The number of hydrogen-bond donors (Lipinski definition) is 1. The van der Waals surface area contributed by atoms with Crippen molar-refractivity contribution in [3.63, 3.8) is 0 Å². The van der Waals surface area contributed by atoms with E-state index in [1.165, 1.54) is 18.4 Å². The van der Waals surface area contributed by atoms with Gasteiger partial charge in [0.05, 0.1) is 29.6 Å². The molecule has 2 heterocycles. The highest BCUT2D eigenvalue weighted by molar-refractivity contribution is 9.10. The fourth-order valence-electron chi connectivity index (χ4n) is 3.16. The van der Waals surface area contributed by atoms with Crippen LogP contribution in [0.15, 0.2) is 57.3 Å².